The Labute approximate surface area is 523 Å². The van der Waals surface area contributed by atoms with Crippen LogP contribution in [0, 0.1) is 47.3 Å². The Bertz CT molecular complexity index is 2120. The van der Waals surface area contributed by atoms with E-state index in [0.29, 0.717) is 57.8 Å². The molecule has 0 radical (unpaired) electrons. The summed E-state index contributed by atoms with van der Waals surface area (Å²) < 4.78 is 49.5. The van der Waals surface area contributed by atoms with Crippen LogP contribution in [0.4, 0.5) is 0 Å². The van der Waals surface area contributed by atoms with Gasteiger partial charge in [0.2, 0.25) is 0 Å². The van der Waals surface area contributed by atoms with E-state index in [2.05, 4.69) is 34.7 Å². The molecule has 0 aromatic rings. The van der Waals surface area contributed by atoms with Crippen molar-refractivity contribution >= 4 is 64.1 Å². The number of thioether (sulfide) groups is 1. The Morgan fingerprint density at radius 3 is 1.48 bits per heavy atom. The van der Waals surface area contributed by atoms with Gasteiger partial charge in [-0.2, -0.15) is 11.8 Å². The zero-order valence-electron chi connectivity index (χ0n) is 53.9. The Kier molecular flexibility index (Phi) is 35.1. The third-order valence-electron chi connectivity index (χ3n) is 17.3. The lowest BCUT2D eigenvalue weighted by atomic mass is 9.80. The minimum atomic E-state index is -0.888. The van der Waals surface area contributed by atoms with Gasteiger partial charge < -0.3 is 62.7 Å². The quantitative estimate of drug-likeness (QED) is 0.0457. The molecular formula is C65H109IN2O15S. The number of ketones is 2. The van der Waals surface area contributed by atoms with Crippen LogP contribution < -0.4 is 0 Å². The monoisotopic (exact) mass is 1320 g/mol. The van der Waals surface area contributed by atoms with Crippen LogP contribution in [-0.4, -0.2) is 188 Å². The first-order valence-electron chi connectivity index (χ1n) is 30.8. The molecule has 2 N–H and O–H groups in total. The molecule has 4 rings (SSSR count). The van der Waals surface area contributed by atoms with Crippen molar-refractivity contribution in [3.8, 4) is 0 Å². The van der Waals surface area contributed by atoms with Gasteiger partial charge in [0.25, 0.3) is 0 Å². The minimum absolute atomic E-state index is 0.0118. The highest BCUT2D eigenvalue weighted by molar-refractivity contribution is 14.1. The third kappa shape index (κ3) is 24.5. The van der Waals surface area contributed by atoms with Gasteiger partial charge in [-0.15, -0.1) is 0 Å². The number of carbonyl (C=O) groups excluding carboxylic acids is 5. The Balaban J connectivity index is 0.000000441. The second-order valence-corrected chi connectivity index (χ2v) is 26.6. The molecule has 0 aliphatic carbocycles. The lowest BCUT2D eigenvalue weighted by Crippen LogP contribution is -2.56. The van der Waals surface area contributed by atoms with E-state index in [1.165, 1.54) is 0 Å². The van der Waals surface area contributed by atoms with Crippen LogP contribution >= 0.6 is 34.4 Å². The summed E-state index contributed by atoms with van der Waals surface area (Å²) in [5, 5.41) is 22.5. The fourth-order valence-electron chi connectivity index (χ4n) is 12.2. The molecule has 4 aliphatic heterocycles. The summed E-state index contributed by atoms with van der Waals surface area (Å²) in [6.45, 7) is 19.8. The van der Waals surface area contributed by atoms with E-state index in [1.807, 2.05) is 126 Å². The molecule has 17 nitrogen and oxygen atoms in total. The van der Waals surface area contributed by atoms with E-state index in [-0.39, 0.29) is 127 Å². The summed E-state index contributed by atoms with van der Waals surface area (Å²) in [7, 11) is 10.9. The molecule has 0 aromatic heterocycles. The summed E-state index contributed by atoms with van der Waals surface area (Å²) >= 11 is 4.02. The van der Waals surface area contributed by atoms with E-state index in [1.54, 1.807) is 38.1 Å². The normalized spacial score (nSPS) is 38.1. The second-order valence-electron chi connectivity index (χ2n) is 24.8. The van der Waals surface area contributed by atoms with Gasteiger partial charge >= 0.3 is 11.9 Å². The number of ether oxygens (including phenoxy) is 8. The first-order valence-corrected chi connectivity index (χ1v) is 33.7. The number of carbonyl (C=O) groups is 5. The highest BCUT2D eigenvalue weighted by atomic mass is 127. The number of aldehydes is 1. The van der Waals surface area contributed by atoms with Crippen LogP contribution in [0.15, 0.2) is 47.6 Å². The zero-order valence-corrected chi connectivity index (χ0v) is 56.9. The first-order chi connectivity index (χ1) is 39.7. The van der Waals surface area contributed by atoms with E-state index < -0.39 is 43.3 Å². The predicted molar refractivity (Wildman–Crippen MR) is 339 cm³/mol. The fourth-order valence-corrected chi connectivity index (χ4v) is 13.8. The number of aliphatic hydroxyl groups excluding tert-OH is 2. The van der Waals surface area contributed by atoms with Crippen molar-refractivity contribution in [2.45, 2.75) is 226 Å². The molecule has 0 spiro atoms. The average Bonchev–Trinajstić information content (AvgIpc) is 3.60. The number of aliphatic hydroxyl groups is 2. The van der Waals surface area contributed by atoms with Crippen molar-refractivity contribution < 1.29 is 72.1 Å². The smallest absolute Gasteiger partial charge is 0.306 e. The maximum Gasteiger partial charge on any atom is 0.306 e. The van der Waals surface area contributed by atoms with Crippen molar-refractivity contribution in [3.05, 3.63) is 47.6 Å². The molecule has 0 amide bonds. The van der Waals surface area contributed by atoms with Gasteiger partial charge in [-0.1, -0.05) is 99.6 Å². The van der Waals surface area contributed by atoms with E-state index >= 15 is 0 Å². The van der Waals surface area contributed by atoms with E-state index in [4.69, 9.17) is 37.9 Å². The molecule has 4 aliphatic rings. The number of cyclic esters (lactones) is 2. The van der Waals surface area contributed by atoms with Crippen molar-refractivity contribution in [2.24, 2.45) is 47.3 Å². The minimum Gasteiger partial charge on any atom is -0.462 e. The molecule has 0 saturated carbocycles. The summed E-state index contributed by atoms with van der Waals surface area (Å²) in [6.07, 6.45) is 14.1. The number of hydrogen-bond acceptors (Lipinski definition) is 18. The summed E-state index contributed by atoms with van der Waals surface area (Å²) in [6, 6.07) is -0.278. The van der Waals surface area contributed by atoms with Crippen LogP contribution in [-0.2, 0) is 61.9 Å². The molecule has 2 saturated heterocycles. The van der Waals surface area contributed by atoms with Crippen LogP contribution in [0.5, 0.6) is 0 Å². The number of rotatable bonds is 17. The van der Waals surface area contributed by atoms with Gasteiger partial charge in [0.1, 0.15) is 30.7 Å². The maximum atomic E-state index is 13.4. The van der Waals surface area contributed by atoms with Gasteiger partial charge in [0.05, 0.1) is 24.4 Å². The molecule has 4 heterocycles. The summed E-state index contributed by atoms with van der Waals surface area (Å²) in [5.74, 6) is -0.983. The third-order valence-corrected chi connectivity index (χ3v) is 19.1. The number of methoxy groups -OCH3 is 2. The number of likely N-dealkylation sites (N-methyl/N-ethyl adjacent to an activating group) is 2. The highest BCUT2D eigenvalue weighted by Gasteiger charge is 2.44. The molecule has 19 heteroatoms. The van der Waals surface area contributed by atoms with Crippen molar-refractivity contribution in [1.29, 1.82) is 0 Å². The van der Waals surface area contributed by atoms with Crippen LogP contribution in [0.3, 0.4) is 0 Å². The van der Waals surface area contributed by atoms with Crippen LogP contribution in [0.2, 0.25) is 0 Å². The summed E-state index contributed by atoms with van der Waals surface area (Å²) in [4.78, 5) is 68.6. The molecular weight excluding hydrogens is 1210 g/mol. The van der Waals surface area contributed by atoms with Crippen LogP contribution in [0.25, 0.3) is 0 Å². The Morgan fingerprint density at radius 2 is 1.08 bits per heavy atom. The largest absolute Gasteiger partial charge is 0.462 e. The zero-order chi connectivity index (χ0) is 63.0. The number of hydrogen-bond donors (Lipinski definition) is 2. The van der Waals surface area contributed by atoms with Gasteiger partial charge in [0, 0.05) is 85.8 Å². The molecule has 2 fully saturated rings. The molecule has 0 bridgehead atoms. The van der Waals surface area contributed by atoms with Gasteiger partial charge in [0.15, 0.2) is 30.4 Å². The second kappa shape index (κ2) is 38.9. The number of nitrogens with zero attached hydrogens (tertiary/aromatic N) is 2. The van der Waals surface area contributed by atoms with E-state index in [9.17, 15) is 34.2 Å². The van der Waals surface area contributed by atoms with Crippen LogP contribution in [0.1, 0.15) is 146 Å². The SMILES string of the molecule is CC[C@H]1OC(=O)CC[C@H](C)[C@@H](OC2OC(C)CC(N(C)C)C2O)[C@@H](CC(OC)OC)C[C@@H](C)C(=O)/C=C/C(C)=C/[C@@H]1CI.CC[C@H]1OC(=O)CC[C@H](C)[C@@H](OC2OC(C)CC(N(C)C)C2O)[C@@H](CC=O)C[C@@H](C)C(=O)/C=C/C(C)=C/[C@@H]1CSC. The fraction of sp³-hybridized carbons (Fsp3) is 0.800. The molecule has 8 unspecified atom stereocenters. The predicted octanol–water partition coefficient (Wildman–Crippen LogP) is 10.2. The van der Waals surface area contributed by atoms with Gasteiger partial charge in [-0.05, 0) is 149 Å². The van der Waals surface area contributed by atoms with E-state index in [0.717, 1.165) is 27.6 Å². The standard InChI is InChI=1S/C33H56INO8.C32H53NO7S/c1-10-28-25(19-34)15-20(2)11-13-27(36)22(4)16-24(18-30(39-8)40-9)32(21(3)12-14-29(37)42-28)43-33-31(38)26(35(6)7)17-23(5)41-33;1-9-28-25(19-41-8)16-20(2)10-12-27(35)22(4)17-24(14-15-34)31(21(3)11-13-29(36)39-28)40-32-30(37)26(33(6)7)18-23(5)38-32/h11,13,15,21-26,28,30-33,38H,10,12,14,16-19H2,1-9H3;10,12,15-16,21-26,28,30-32,37H,9,11,13-14,17-19H2,1-8H3/b13-11+,20-15+;12-10+,20-16+/t21-,22+,23?,24+,25+,26?,28+,31?,32+,33?;21-,22+,23?,24-,25+,26?,28+,30?,31+,32?/m00/s1. The van der Waals surface area contributed by atoms with Crippen molar-refractivity contribution in [1.82, 2.24) is 9.80 Å². The van der Waals surface area contributed by atoms with Crippen molar-refractivity contribution in [2.75, 3.05) is 58.8 Å². The highest BCUT2D eigenvalue weighted by Crippen LogP contribution is 2.37. The Hall–Kier alpha value is -2.41. The number of halogens is 1. The molecule has 20 atom stereocenters. The molecule has 0 aromatic carbocycles. The maximum absolute atomic E-state index is 13.4. The van der Waals surface area contributed by atoms with Gasteiger partial charge in [-0.25, -0.2) is 0 Å². The number of allylic oxidation sites excluding steroid dienone is 6. The summed E-state index contributed by atoms with van der Waals surface area (Å²) in [5.41, 5.74) is 1.90. The lowest BCUT2D eigenvalue weighted by molar-refractivity contribution is -0.282. The molecule has 482 valence electrons. The van der Waals surface area contributed by atoms with Gasteiger partial charge in [-0.3, -0.25) is 19.2 Å². The first kappa shape index (κ1) is 75.8. The Morgan fingerprint density at radius 1 is 0.667 bits per heavy atom. The topological polar surface area (TPSA) is 206 Å². The number of alkyl halides is 1. The molecule has 84 heavy (non-hydrogen) atoms. The number of esters is 2. The lowest BCUT2D eigenvalue weighted by Gasteiger charge is -2.44. The average molecular weight is 1320 g/mol. The van der Waals surface area contributed by atoms with Crippen molar-refractivity contribution in [3.63, 3.8) is 0 Å².